The molecule has 6 heteroatoms. The molecule has 92 valence electrons. The van der Waals surface area contributed by atoms with E-state index in [2.05, 4.69) is 21.9 Å². The van der Waals surface area contributed by atoms with Gasteiger partial charge in [-0.15, -0.1) is 0 Å². The Bertz CT molecular complexity index is 737. The topological polar surface area (TPSA) is 98.0 Å². The van der Waals surface area contributed by atoms with E-state index < -0.39 is 17.0 Å². The first-order valence-electron chi connectivity index (χ1n) is 5.15. The van der Waals surface area contributed by atoms with Crippen molar-refractivity contribution in [2.45, 2.75) is 0 Å². The van der Waals surface area contributed by atoms with E-state index in [0.29, 0.717) is 5.69 Å². The van der Waals surface area contributed by atoms with Crippen LogP contribution in [0.1, 0.15) is 0 Å². The van der Waals surface area contributed by atoms with Gasteiger partial charge in [0.05, 0.1) is 0 Å². The number of para-hydroxylation sites is 1. The zero-order valence-corrected chi connectivity index (χ0v) is 9.36. The van der Waals surface area contributed by atoms with Crippen LogP contribution in [-0.4, -0.2) is 15.1 Å². The minimum atomic E-state index is -0.704. The summed E-state index contributed by atoms with van der Waals surface area (Å²) in [6.07, 6.45) is 0. The predicted octanol–water partition coefficient (Wildman–Crippen LogP) is -0.791. The molecule has 0 spiro atoms. The molecule has 2 aromatic rings. The number of aliphatic hydroxyl groups is 1. The Labute approximate surface area is 101 Å². The Morgan fingerprint density at radius 2 is 1.67 bits per heavy atom. The smallest absolute Gasteiger partial charge is 0.267 e. The fraction of sp³-hybridized carbons (Fsp3) is 0. The molecule has 0 unspecified atom stereocenters. The summed E-state index contributed by atoms with van der Waals surface area (Å²) in [5.41, 5.74) is -0.761. The average molecular weight is 245 g/mol. The zero-order chi connectivity index (χ0) is 13.1. The fourth-order valence-electron chi connectivity index (χ4n) is 1.47. The molecule has 1 heterocycles. The summed E-state index contributed by atoms with van der Waals surface area (Å²) in [6, 6.07) is 8.69. The number of H-pyrrole nitrogens is 2. The van der Waals surface area contributed by atoms with Gasteiger partial charge in [-0.2, -0.15) is 0 Å². The molecule has 0 saturated heterocycles. The van der Waals surface area contributed by atoms with Crippen molar-refractivity contribution >= 4 is 18.1 Å². The fourth-order valence-corrected chi connectivity index (χ4v) is 1.47. The second-order valence-corrected chi connectivity index (χ2v) is 3.60. The van der Waals surface area contributed by atoms with Crippen LogP contribution in [0.25, 0.3) is 12.5 Å². The lowest BCUT2D eigenvalue weighted by Gasteiger charge is -2.03. The number of aromatic nitrogens is 2. The molecular weight excluding hydrogens is 234 g/mol. The van der Waals surface area contributed by atoms with Crippen LogP contribution in [0, 0.1) is 0 Å². The van der Waals surface area contributed by atoms with Crippen LogP contribution < -0.4 is 27.1 Å². The van der Waals surface area contributed by atoms with E-state index in [1.54, 1.807) is 30.3 Å². The molecule has 4 N–H and O–H groups in total. The summed E-state index contributed by atoms with van der Waals surface area (Å²) in [4.78, 5) is 27.7. The van der Waals surface area contributed by atoms with E-state index in [9.17, 15) is 14.7 Å². The molecule has 0 radical (unpaired) electrons. The third-order valence-electron chi connectivity index (χ3n) is 2.26. The highest BCUT2D eigenvalue weighted by Gasteiger charge is 2.04. The van der Waals surface area contributed by atoms with Crippen LogP contribution in [0.15, 0.2) is 39.9 Å². The summed E-state index contributed by atoms with van der Waals surface area (Å²) < 4.78 is 0. The molecule has 0 bridgehead atoms. The van der Waals surface area contributed by atoms with Gasteiger partial charge in [0.25, 0.3) is 11.1 Å². The number of benzene rings is 1. The summed E-state index contributed by atoms with van der Waals surface area (Å²) in [7, 11) is 0. The summed E-state index contributed by atoms with van der Waals surface area (Å²) in [5.74, 6) is -0.510. The van der Waals surface area contributed by atoms with Gasteiger partial charge in [-0.3, -0.25) is 9.59 Å². The molecule has 0 amide bonds. The lowest BCUT2D eigenvalue weighted by Crippen LogP contribution is -2.49. The Hall–Kier alpha value is -2.76. The maximum Gasteiger partial charge on any atom is 0.267 e. The van der Waals surface area contributed by atoms with E-state index in [0.717, 1.165) is 0 Å². The van der Waals surface area contributed by atoms with E-state index in [1.807, 2.05) is 0 Å². The van der Waals surface area contributed by atoms with Crippen LogP contribution in [0.3, 0.4) is 0 Å². The number of nitrogens with one attached hydrogen (secondary N) is 3. The largest absolute Gasteiger partial charge is 0.494 e. The lowest BCUT2D eigenvalue weighted by molar-refractivity contribution is 0.500. The van der Waals surface area contributed by atoms with Gasteiger partial charge in [0.1, 0.15) is 5.48 Å². The monoisotopic (exact) mass is 245 g/mol. The minimum absolute atomic E-state index is 0.0845. The van der Waals surface area contributed by atoms with Crippen LogP contribution in [0.2, 0.25) is 0 Å². The highest BCUT2D eigenvalue weighted by atomic mass is 16.3. The summed E-state index contributed by atoms with van der Waals surface area (Å²) in [6.45, 7) is 3.40. The molecule has 2 rings (SSSR count). The van der Waals surface area contributed by atoms with Gasteiger partial charge >= 0.3 is 0 Å². The third-order valence-corrected chi connectivity index (χ3v) is 2.26. The quantitative estimate of drug-likeness (QED) is 0.557. The normalized spacial score (nSPS) is 10.0. The highest BCUT2D eigenvalue weighted by molar-refractivity contribution is 5.58. The van der Waals surface area contributed by atoms with Crippen molar-refractivity contribution in [3.8, 4) is 0 Å². The van der Waals surface area contributed by atoms with Gasteiger partial charge in [0, 0.05) is 5.69 Å². The molecule has 0 fully saturated rings. The van der Waals surface area contributed by atoms with Crippen LogP contribution in [-0.2, 0) is 0 Å². The molecule has 1 aromatic carbocycles. The first-order chi connectivity index (χ1) is 8.58. The van der Waals surface area contributed by atoms with Crippen molar-refractivity contribution in [1.82, 2.24) is 9.97 Å². The first kappa shape index (κ1) is 11.7. The molecular formula is C12H11N3O3. The Balaban J connectivity index is 2.59. The van der Waals surface area contributed by atoms with Gasteiger partial charge in [0.2, 0.25) is 5.88 Å². The number of aromatic amines is 2. The third kappa shape index (κ3) is 2.32. The maximum absolute atomic E-state index is 11.6. The highest BCUT2D eigenvalue weighted by Crippen LogP contribution is 2.06. The van der Waals surface area contributed by atoms with Crippen molar-refractivity contribution in [3.63, 3.8) is 0 Å². The molecule has 0 aliphatic carbocycles. The van der Waals surface area contributed by atoms with Gasteiger partial charge in [-0.1, -0.05) is 24.8 Å². The van der Waals surface area contributed by atoms with Crippen LogP contribution >= 0.6 is 0 Å². The number of rotatable bonds is 2. The summed E-state index contributed by atoms with van der Waals surface area (Å²) >= 11 is 0. The summed E-state index contributed by atoms with van der Waals surface area (Å²) in [5, 5.41) is 12.0. The van der Waals surface area contributed by atoms with Crippen molar-refractivity contribution in [2.75, 3.05) is 5.32 Å². The van der Waals surface area contributed by atoms with Crippen molar-refractivity contribution in [1.29, 1.82) is 0 Å². The number of hydrogen-bond acceptors (Lipinski definition) is 4. The van der Waals surface area contributed by atoms with Gasteiger partial charge in [-0.25, -0.2) is 0 Å². The van der Waals surface area contributed by atoms with Crippen LogP contribution in [0.5, 0.6) is 0 Å². The molecule has 0 aliphatic rings. The van der Waals surface area contributed by atoms with Crippen LogP contribution in [0.4, 0.5) is 5.69 Å². The standard InChI is InChI=1S/C12H11N3O3/c1-7-13-10(16)9(11(17)14-7)12(18)15-8-5-3-2-4-6-8/h2-6,15,18H,1H2,(H,13,16)(H,14,17). The number of anilines is 1. The van der Waals surface area contributed by atoms with E-state index in [1.165, 1.54) is 0 Å². The predicted molar refractivity (Wildman–Crippen MR) is 68.6 cm³/mol. The molecule has 0 atom stereocenters. The number of aliphatic hydroxyl groups excluding tert-OH is 1. The van der Waals surface area contributed by atoms with Gasteiger partial charge in [0.15, 0.2) is 5.22 Å². The average Bonchev–Trinajstić information content (AvgIpc) is 2.28. The molecule has 1 aromatic heterocycles. The molecule has 0 aliphatic heterocycles. The first-order valence-corrected chi connectivity index (χ1v) is 5.15. The zero-order valence-electron chi connectivity index (χ0n) is 9.36. The number of hydrogen-bond donors (Lipinski definition) is 4. The van der Waals surface area contributed by atoms with E-state index in [-0.39, 0.29) is 10.7 Å². The SMILES string of the molecule is C=c1[nH]c(=O)c(=C(O)Nc2ccccc2)c(=O)[nH]1. The van der Waals surface area contributed by atoms with E-state index in [4.69, 9.17) is 0 Å². The van der Waals surface area contributed by atoms with Crippen molar-refractivity contribution in [3.05, 3.63) is 61.7 Å². The Morgan fingerprint density at radius 1 is 1.11 bits per heavy atom. The molecule has 0 saturated carbocycles. The van der Waals surface area contributed by atoms with Crippen molar-refractivity contribution in [2.24, 2.45) is 0 Å². The van der Waals surface area contributed by atoms with Crippen molar-refractivity contribution < 1.29 is 5.11 Å². The molecule has 6 nitrogen and oxygen atoms in total. The molecule has 18 heavy (non-hydrogen) atoms. The Kier molecular flexibility index (Phi) is 3.01. The van der Waals surface area contributed by atoms with E-state index >= 15 is 0 Å². The maximum atomic E-state index is 11.6. The lowest BCUT2D eigenvalue weighted by atomic mass is 10.3. The Morgan fingerprint density at radius 3 is 2.22 bits per heavy atom. The second kappa shape index (κ2) is 4.62. The second-order valence-electron chi connectivity index (χ2n) is 3.60. The minimum Gasteiger partial charge on any atom is -0.494 e. The van der Waals surface area contributed by atoms with Gasteiger partial charge in [-0.05, 0) is 12.1 Å². The van der Waals surface area contributed by atoms with Gasteiger partial charge < -0.3 is 20.4 Å².